The predicted molar refractivity (Wildman–Crippen MR) is 150 cm³/mol. The molecule has 0 heterocycles. The molecule has 1 aromatic carbocycles. The monoisotopic (exact) mass is 534 g/mol. The molecule has 38 heavy (non-hydrogen) atoms. The SMILES string of the molecule is CCCCCC1CCC(CCC2CCC(c3ccc(C4CCC(C(F)=CC(F)(F)F)CC4)cc3)CC2)CC1. The minimum Gasteiger partial charge on any atom is -0.212 e. The lowest BCUT2D eigenvalue weighted by Gasteiger charge is -2.32. The normalized spacial score (nSPS) is 31.3. The number of unbranched alkanes of at least 4 members (excludes halogenated alkanes) is 2. The van der Waals surface area contributed by atoms with Gasteiger partial charge in [-0.3, -0.25) is 0 Å². The lowest BCUT2D eigenvalue weighted by atomic mass is 9.73. The number of hydrogen-bond donors (Lipinski definition) is 0. The Labute approximate surface area is 229 Å². The average molecular weight is 535 g/mol. The van der Waals surface area contributed by atoms with Crippen molar-refractivity contribution in [3.8, 4) is 0 Å². The molecule has 0 bridgehead atoms. The molecule has 0 amide bonds. The van der Waals surface area contributed by atoms with Gasteiger partial charge in [0.15, 0.2) is 0 Å². The Bertz CT molecular complexity index is 830. The van der Waals surface area contributed by atoms with Gasteiger partial charge in [0.1, 0.15) is 5.83 Å². The molecule has 0 atom stereocenters. The fourth-order valence-electron chi connectivity index (χ4n) is 7.76. The van der Waals surface area contributed by atoms with Crippen LogP contribution in [0.3, 0.4) is 0 Å². The Morgan fingerprint density at radius 1 is 0.658 bits per heavy atom. The summed E-state index contributed by atoms with van der Waals surface area (Å²) < 4.78 is 51.3. The van der Waals surface area contributed by atoms with E-state index in [2.05, 4.69) is 31.2 Å². The zero-order valence-corrected chi connectivity index (χ0v) is 23.6. The van der Waals surface area contributed by atoms with Crippen molar-refractivity contribution in [1.82, 2.24) is 0 Å². The van der Waals surface area contributed by atoms with Crippen molar-refractivity contribution in [2.45, 2.75) is 141 Å². The van der Waals surface area contributed by atoms with Gasteiger partial charge in [0.25, 0.3) is 0 Å². The summed E-state index contributed by atoms with van der Waals surface area (Å²) in [5.74, 6) is 2.33. The van der Waals surface area contributed by atoms with Crippen LogP contribution in [0.5, 0.6) is 0 Å². The number of halogens is 4. The Balaban J connectivity index is 1.14. The van der Waals surface area contributed by atoms with Crippen molar-refractivity contribution < 1.29 is 17.6 Å². The van der Waals surface area contributed by atoms with Gasteiger partial charge < -0.3 is 0 Å². The molecular formula is C34H50F4. The van der Waals surface area contributed by atoms with Gasteiger partial charge in [0.2, 0.25) is 0 Å². The second-order valence-corrected chi connectivity index (χ2v) is 13.0. The molecule has 4 rings (SSSR count). The van der Waals surface area contributed by atoms with E-state index >= 15 is 0 Å². The molecule has 0 unspecified atom stereocenters. The molecule has 4 heteroatoms. The molecule has 3 aliphatic rings. The van der Waals surface area contributed by atoms with Gasteiger partial charge in [-0.2, -0.15) is 13.2 Å². The fourth-order valence-corrected chi connectivity index (χ4v) is 7.76. The topological polar surface area (TPSA) is 0 Å². The quantitative estimate of drug-likeness (QED) is 0.207. The molecule has 3 fully saturated rings. The van der Waals surface area contributed by atoms with Crippen LogP contribution in [0.1, 0.15) is 145 Å². The fraction of sp³-hybridized carbons (Fsp3) is 0.765. The van der Waals surface area contributed by atoms with Gasteiger partial charge in [-0.25, -0.2) is 4.39 Å². The summed E-state index contributed by atoms with van der Waals surface area (Å²) in [6.45, 7) is 2.30. The van der Waals surface area contributed by atoms with Gasteiger partial charge in [-0.1, -0.05) is 95.4 Å². The van der Waals surface area contributed by atoms with Gasteiger partial charge >= 0.3 is 6.18 Å². The van der Waals surface area contributed by atoms with Crippen LogP contribution in [0, 0.1) is 23.7 Å². The molecule has 214 valence electrons. The van der Waals surface area contributed by atoms with Crippen LogP contribution in [0.15, 0.2) is 36.2 Å². The number of alkyl halides is 3. The van der Waals surface area contributed by atoms with E-state index in [0.717, 1.165) is 30.6 Å². The molecule has 3 saturated carbocycles. The smallest absolute Gasteiger partial charge is 0.212 e. The molecule has 1 aromatic rings. The van der Waals surface area contributed by atoms with Crippen molar-refractivity contribution in [2.24, 2.45) is 23.7 Å². The zero-order chi connectivity index (χ0) is 27.0. The maximum absolute atomic E-state index is 13.9. The number of allylic oxidation sites excluding steroid dienone is 2. The largest absolute Gasteiger partial charge is 0.412 e. The van der Waals surface area contributed by atoms with Crippen molar-refractivity contribution >= 4 is 0 Å². The van der Waals surface area contributed by atoms with E-state index in [1.165, 1.54) is 101 Å². The van der Waals surface area contributed by atoms with Crippen molar-refractivity contribution in [2.75, 3.05) is 0 Å². The Morgan fingerprint density at radius 2 is 1.08 bits per heavy atom. The number of rotatable bonds is 10. The first kappa shape index (κ1) is 29.7. The zero-order valence-electron chi connectivity index (χ0n) is 23.6. The third-order valence-corrected chi connectivity index (χ3v) is 10.3. The predicted octanol–water partition coefficient (Wildman–Crippen LogP) is 11.8. The molecule has 0 spiro atoms. The summed E-state index contributed by atoms with van der Waals surface area (Å²) in [5, 5.41) is 0. The second kappa shape index (κ2) is 14.4. The van der Waals surface area contributed by atoms with Gasteiger partial charge in [0.05, 0.1) is 6.08 Å². The lowest BCUT2D eigenvalue weighted by molar-refractivity contribution is -0.0820. The summed E-state index contributed by atoms with van der Waals surface area (Å²) in [4.78, 5) is 0. The average Bonchev–Trinajstić information content (AvgIpc) is 2.92. The molecule has 0 N–H and O–H groups in total. The van der Waals surface area contributed by atoms with Crippen LogP contribution < -0.4 is 0 Å². The molecule has 0 aliphatic heterocycles. The van der Waals surface area contributed by atoms with Crippen LogP contribution in [0.4, 0.5) is 17.6 Å². The van der Waals surface area contributed by atoms with Gasteiger partial charge in [-0.05, 0) is 92.1 Å². The Kier molecular flexibility index (Phi) is 11.2. The van der Waals surface area contributed by atoms with E-state index < -0.39 is 17.9 Å². The molecule has 3 aliphatic carbocycles. The van der Waals surface area contributed by atoms with Crippen LogP contribution in [0.2, 0.25) is 0 Å². The Morgan fingerprint density at radius 3 is 1.53 bits per heavy atom. The highest BCUT2D eigenvalue weighted by Crippen LogP contribution is 2.43. The van der Waals surface area contributed by atoms with Crippen molar-refractivity contribution in [3.05, 3.63) is 47.3 Å². The van der Waals surface area contributed by atoms with E-state index in [1.807, 2.05) is 0 Å². The number of benzene rings is 1. The third-order valence-electron chi connectivity index (χ3n) is 10.3. The summed E-state index contributed by atoms with van der Waals surface area (Å²) in [5.41, 5.74) is 2.71. The minimum atomic E-state index is -4.57. The van der Waals surface area contributed by atoms with E-state index in [4.69, 9.17) is 0 Å². The van der Waals surface area contributed by atoms with Crippen molar-refractivity contribution in [3.63, 3.8) is 0 Å². The van der Waals surface area contributed by atoms with Gasteiger partial charge in [0, 0.05) is 5.92 Å². The summed E-state index contributed by atoms with van der Waals surface area (Å²) in [6.07, 6.45) is 17.5. The molecule has 0 aromatic heterocycles. The highest BCUT2D eigenvalue weighted by atomic mass is 19.4. The lowest BCUT2D eigenvalue weighted by Crippen LogP contribution is -2.18. The standard InChI is InChI=1S/C34H50F4/c1-2-3-4-5-25-6-8-26(9-7-25)10-11-27-12-14-28(15-13-27)29-16-18-30(19-17-29)31-20-22-32(23-21-31)33(35)24-34(36,37)38/h16-19,24-28,31-32H,2-15,20-23H2,1H3. The van der Waals surface area contributed by atoms with Crippen LogP contribution in [-0.2, 0) is 0 Å². The molecular weight excluding hydrogens is 484 g/mol. The van der Waals surface area contributed by atoms with Gasteiger partial charge in [-0.15, -0.1) is 0 Å². The van der Waals surface area contributed by atoms with Crippen LogP contribution in [0.25, 0.3) is 0 Å². The van der Waals surface area contributed by atoms with E-state index in [9.17, 15) is 17.6 Å². The number of hydrogen-bond acceptors (Lipinski definition) is 0. The summed E-state index contributed by atoms with van der Waals surface area (Å²) in [7, 11) is 0. The summed E-state index contributed by atoms with van der Waals surface area (Å²) >= 11 is 0. The third kappa shape index (κ3) is 9.12. The van der Waals surface area contributed by atoms with E-state index in [-0.39, 0.29) is 6.08 Å². The highest BCUT2D eigenvalue weighted by molar-refractivity contribution is 5.28. The highest BCUT2D eigenvalue weighted by Gasteiger charge is 2.31. The van der Waals surface area contributed by atoms with Crippen LogP contribution in [-0.4, -0.2) is 6.18 Å². The molecule has 0 nitrogen and oxygen atoms in total. The van der Waals surface area contributed by atoms with Crippen molar-refractivity contribution in [1.29, 1.82) is 0 Å². The Hall–Kier alpha value is -1.32. The first-order valence-electron chi connectivity index (χ1n) is 15.9. The summed E-state index contributed by atoms with van der Waals surface area (Å²) in [6, 6.07) is 9.03. The molecule has 0 saturated heterocycles. The van der Waals surface area contributed by atoms with E-state index in [1.54, 1.807) is 0 Å². The maximum atomic E-state index is 13.9. The maximum Gasteiger partial charge on any atom is 0.412 e. The first-order valence-corrected chi connectivity index (χ1v) is 15.9. The van der Waals surface area contributed by atoms with Crippen LogP contribution >= 0.6 is 0 Å². The second-order valence-electron chi connectivity index (χ2n) is 13.0. The van der Waals surface area contributed by atoms with E-state index in [0.29, 0.717) is 24.7 Å². The minimum absolute atomic E-state index is 0.151. The molecule has 0 radical (unpaired) electrons. The first-order chi connectivity index (χ1) is 18.3.